The quantitative estimate of drug-likeness (QED) is 0.885. The lowest BCUT2D eigenvalue weighted by atomic mass is 9.81. The van der Waals surface area contributed by atoms with Crippen LogP contribution in [0.4, 0.5) is 0 Å². The fourth-order valence-electron chi connectivity index (χ4n) is 1.94. The number of rotatable bonds is 3. The van der Waals surface area contributed by atoms with E-state index in [0.29, 0.717) is 11.5 Å². The summed E-state index contributed by atoms with van der Waals surface area (Å²) in [4.78, 5) is 15.0. The lowest BCUT2D eigenvalue weighted by molar-refractivity contribution is -0.138. The third kappa shape index (κ3) is 2.30. The van der Waals surface area contributed by atoms with Gasteiger partial charge < -0.3 is 9.52 Å². The van der Waals surface area contributed by atoms with E-state index in [1.54, 1.807) is 6.92 Å². The number of carboxylic acid groups (broad SMARTS) is 1. The van der Waals surface area contributed by atoms with Gasteiger partial charge in [0.05, 0.1) is 6.42 Å². The predicted molar refractivity (Wildman–Crippen MR) is 64.0 cm³/mol. The number of aryl methyl sites for hydroxylation is 1. The average Bonchev–Trinajstić information content (AvgIpc) is 2.54. The third-order valence-electron chi connectivity index (χ3n) is 2.87. The van der Waals surface area contributed by atoms with Crippen LogP contribution in [0.1, 0.15) is 31.7 Å². The molecule has 0 atom stereocenters. The molecule has 0 unspecified atom stereocenters. The van der Waals surface area contributed by atoms with Crippen molar-refractivity contribution in [1.82, 2.24) is 4.98 Å². The maximum Gasteiger partial charge on any atom is 0.304 e. The molecule has 0 spiro atoms. The molecular weight excluding hydrogens is 218 g/mol. The van der Waals surface area contributed by atoms with Gasteiger partial charge in [0, 0.05) is 12.3 Å². The zero-order valence-electron chi connectivity index (χ0n) is 10.2. The molecule has 4 heteroatoms. The molecule has 4 nitrogen and oxygen atoms in total. The van der Waals surface area contributed by atoms with Crippen molar-refractivity contribution in [1.29, 1.82) is 0 Å². The SMILES string of the molecule is Cc1nc2ccc(C(C)(C)CC(=O)O)cc2o1. The van der Waals surface area contributed by atoms with E-state index in [4.69, 9.17) is 9.52 Å². The van der Waals surface area contributed by atoms with Gasteiger partial charge in [-0.1, -0.05) is 19.9 Å². The highest BCUT2D eigenvalue weighted by molar-refractivity contribution is 5.75. The van der Waals surface area contributed by atoms with Gasteiger partial charge in [0.15, 0.2) is 11.5 Å². The van der Waals surface area contributed by atoms with Gasteiger partial charge in [-0.05, 0) is 17.7 Å². The molecule has 90 valence electrons. The summed E-state index contributed by atoms with van der Waals surface area (Å²) in [6.45, 7) is 5.61. The lowest BCUT2D eigenvalue weighted by Gasteiger charge is -2.22. The summed E-state index contributed by atoms with van der Waals surface area (Å²) < 4.78 is 5.45. The largest absolute Gasteiger partial charge is 0.481 e. The Balaban J connectivity index is 2.44. The van der Waals surface area contributed by atoms with Crippen molar-refractivity contribution in [3.05, 3.63) is 29.7 Å². The number of aromatic nitrogens is 1. The van der Waals surface area contributed by atoms with E-state index < -0.39 is 11.4 Å². The van der Waals surface area contributed by atoms with Crippen LogP contribution in [-0.4, -0.2) is 16.1 Å². The minimum absolute atomic E-state index is 0.0889. The monoisotopic (exact) mass is 233 g/mol. The van der Waals surface area contributed by atoms with Crippen LogP contribution in [0, 0.1) is 6.92 Å². The molecular formula is C13H15NO3. The highest BCUT2D eigenvalue weighted by Crippen LogP contribution is 2.29. The molecule has 0 aliphatic heterocycles. The van der Waals surface area contributed by atoms with E-state index in [1.807, 2.05) is 32.0 Å². The molecule has 0 bridgehead atoms. The first kappa shape index (κ1) is 11.6. The Bertz CT molecular complexity index is 569. The Morgan fingerprint density at radius 1 is 1.47 bits per heavy atom. The number of fused-ring (bicyclic) bond motifs is 1. The summed E-state index contributed by atoms with van der Waals surface area (Å²) in [5, 5.41) is 8.89. The topological polar surface area (TPSA) is 63.3 Å². The molecule has 0 saturated carbocycles. The molecule has 1 heterocycles. The van der Waals surface area contributed by atoms with Crippen molar-refractivity contribution in [3.8, 4) is 0 Å². The average molecular weight is 233 g/mol. The fourth-order valence-corrected chi connectivity index (χ4v) is 1.94. The van der Waals surface area contributed by atoms with Gasteiger partial charge >= 0.3 is 5.97 Å². The summed E-state index contributed by atoms with van der Waals surface area (Å²) in [5.41, 5.74) is 2.04. The minimum atomic E-state index is -0.802. The summed E-state index contributed by atoms with van der Waals surface area (Å²) in [6.07, 6.45) is 0.0889. The standard InChI is InChI=1S/C13H15NO3/c1-8-14-10-5-4-9(6-11(10)17-8)13(2,3)7-12(15)16/h4-6H,7H2,1-3H3,(H,15,16). The number of hydrogen-bond donors (Lipinski definition) is 1. The molecule has 0 aliphatic rings. The van der Waals surface area contributed by atoms with Crippen LogP contribution in [0.3, 0.4) is 0 Å². The first-order valence-corrected chi connectivity index (χ1v) is 5.48. The maximum absolute atomic E-state index is 10.8. The number of aliphatic carboxylic acids is 1. The lowest BCUT2D eigenvalue weighted by Crippen LogP contribution is -2.21. The van der Waals surface area contributed by atoms with Crippen molar-refractivity contribution in [2.75, 3.05) is 0 Å². The highest BCUT2D eigenvalue weighted by Gasteiger charge is 2.24. The predicted octanol–water partition coefficient (Wildman–Crippen LogP) is 2.89. The second-order valence-corrected chi connectivity index (χ2v) is 4.87. The van der Waals surface area contributed by atoms with Crippen molar-refractivity contribution in [2.24, 2.45) is 0 Å². The molecule has 0 amide bonds. The van der Waals surface area contributed by atoms with Crippen molar-refractivity contribution < 1.29 is 14.3 Å². The Morgan fingerprint density at radius 3 is 2.82 bits per heavy atom. The van der Waals surface area contributed by atoms with Crippen LogP contribution in [0.2, 0.25) is 0 Å². The normalized spacial score (nSPS) is 11.9. The van der Waals surface area contributed by atoms with Gasteiger partial charge in [0.2, 0.25) is 0 Å². The van der Waals surface area contributed by atoms with E-state index >= 15 is 0 Å². The first-order chi connectivity index (χ1) is 7.88. The highest BCUT2D eigenvalue weighted by atomic mass is 16.4. The number of nitrogens with zero attached hydrogens (tertiary/aromatic N) is 1. The van der Waals surface area contributed by atoms with Gasteiger partial charge in [-0.15, -0.1) is 0 Å². The van der Waals surface area contributed by atoms with Gasteiger partial charge in [-0.2, -0.15) is 0 Å². The van der Waals surface area contributed by atoms with Crippen LogP contribution in [-0.2, 0) is 10.2 Å². The molecule has 1 aromatic heterocycles. The molecule has 2 aromatic rings. The number of carboxylic acids is 1. The second kappa shape index (κ2) is 3.87. The maximum atomic E-state index is 10.8. The second-order valence-electron chi connectivity index (χ2n) is 4.87. The Kier molecular flexibility index (Phi) is 2.65. The Hall–Kier alpha value is -1.84. The number of carbonyl (C=O) groups is 1. The van der Waals surface area contributed by atoms with Crippen LogP contribution >= 0.6 is 0 Å². The summed E-state index contributed by atoms with van der Waals surface area (Å²) >= 11 is 0. The third-order valence-corrected chi connectivity index (χ3v) is 2.87. The van der Waals surface area contributed by atoms with Crippen molar-refractivity contribution >= 4 is 17.1 Å². The van der Waals surface area contributed by atoms with Crippen molar-refractivity contribution in [2.45, 2.75) is 32.6 Å². The fraction of sp³-hybridized carbons (Fsp3) is 0.385. The Morgan fingerprint density at radius 2 is 2.18 bits per heavy atom. The molecule has 2 rings (SSSR count). The molecule has 0 fully saturated rings. The van der Waals surface area contributed by atoms with E-state index in [0.717, 1.165) is 11.1 Å². The summed E-state index contributed by atoms with van der Waals surface area (Å²) in [6, 6.07) is 5.65. The van der Waals surface area contributed by atoms with Crippen LogP contribution in [0.15, 0.2) is 22.6 Å². The van der Waals surface area contributed by atoms with Crippen molar-refractivity contribution in [3.63, 3.8) is 0 Å². The number of benzene rings is 1. The van der Waals surface area contributed by atoms with Crippen LogP contribution in [0.25, 0.3) is 11.1 Å². The van der Waals surface area contributed by atoms with Crippen LogP contribution < -0.4 is 0 Å². The molecule has 1 N–H and O–H groups in total. The van der Waals surface area contributed by atoms with E-state index in [2.05, 4.69) is 4.98 Å². The molecule has 0 aliphatic carbocycles. The van der Waals surface area contributed by atoms with E-state index in [9.17, 15) is 4.79 Å². The smallest absolute Gasteiger partial charge is 0.304 e. The zero-order chi connectivity index (χ0) is 12.6. The zero-order valence-corrected chi connectivity index (χ0v) is 10.2. The number of oxazole rings is 1. The van der Waals surface area contributed by atoms with Gasteiger partial charge in [-0.3, -0.25) is 4.79 Å². The molecule has 1 aromatic carbocycles. The van der Waals surface area contributed by atoms with E-state index in [1.165, 1.54) is 0 Å². The Labute approximate surface area is 99.3 Å². The minimum Gasteiger partial charge on any atom is -0.481 e. The van der Waals surface area contributed by atoms with Gasteiger partial charge in [0.25, 0.3) is 0 Å². The molecule has 17 heavy (non-hydrogen) atoms. The van der Waals surface area contributed by atoms with Gasteiger partial charge in [-0.25, -0.2) is 4.98 Å². The summed E-state index contributed by atoms with van der Waals surface area (Å²) in [5.74, 6) is -0.183. The number of hydrogen-bond acceptors (Lipinski definition) is 3. The van der Waals surface area contributed by atoms with Gasteiger partial charge in [0.1, 0.15) is 5.52 Å². The molecule has 0 radical (unpaired) electrons. The summed E-state index contributed by atoms with van der Waals surface area (Å²) in [7, 11) is 0. The van der Waals surface area contributed by atoms with Crippen LogP contribution in [0.5, 0.6) is 0 Å². The van der Waals surface area contributed by atoms with E-state index in [-0.39, 0.29) is 6.42 Å². The molecule has 0 saturated heterocycles. The first-order valence-electron chi connectivity index (χ1n) is 5.48.